The first-order valence-corrected chi connectivity index (χ1v) is 8.30. The lowest BCUT2D eigenvalue weighted by atomic mass is 10.2. The first kappa shape index (κ1) is 17.4. The first-order valence-electron chi connectivity index (χ1n) is 7.48. The number of rotatable bonds is 2. The Morgan fingerprint density at radius 2 is 2.17 bits per heavy atom. The predicted octanol–water partition coefficient (Wildman–Crippen LogP) is 2.81. The maximum absolute atomic E-state index is 12.4. The van der Waals surface area contributed by atoms with Gasteiger partial charge in [0.15, 0.2) is 0 Å². The van der Waals surface area contributed by atoms with E-state index in [-0.39, 0.29) is 36.4 Å². The van der Waals surface area contributed by atoms with E-state index in [1.165, 1.54) is 17.8 Å². The number of nitrogens with zero attached hydrogens (tertiary/aromatic N) is 2. The lowest BCUT2D eigenvalue weighted by Crippen LogP contribution is -2.23. The van der Waals surface area contributed by atoms with Crippen molar-refractivity contribution in [3.8, 4) is 10.4 Å². The Hall–Kier alpha value is -1.41. The van der Waals surface area contributed by atoms with Crippen molar-refractivity contribution in [2.45, 2.75) is 19.4 Å². The lowest BCUT2D eigenvalue weighted by molar-refractivity contribution is 0.532. The lowest BCUT2D eigenvalue weighted by Gasteiger charge is -2.11. The number of aryl methyl sites for hydroxylation is 1. The Balaban J connectivity index is 0.000000845. The fourth-order valence-corrected chi connectivity index (χ4v) is 4.54. The molecule has 24 heavy (non-hydrogen) atoms. The number of nitrogens with one attached hydrogen (secondary N) is 3. The monoisotopic (exact) mass is 385 g/mol. The van der Waals surface area contributed by atoms with Gasteiger partial charge >= 0.3 is 0 Å². The van der Waals surface area contributed by atoms with Crippen LogP contribution in [0.25, 0.3) is 20.7 Å². The average molecular weight is 386 g/mol. The molecular weight excluding hydrogens is 369 g/mol. The molecule has 2 aliphatic rings. The molecule has 0 radical (unpaired) electrons. The van der Waals surface area contributed by atoms with Gasteiger partial charge in [-0.25, -0.2) is 4.98 Å². The highest BCUT2D eigenvalue weighted by Crippen LogP contribution is 2.50. The van der Waals surface area contributed by atoms with Crippen molar-refractivity contribution >= 4 is 46.4 Å². The van der Waals surface area contributed by atoms with Crippen LogP contribution in [0.3, 0.4) is 0 Å². The highest BCUT2D eigenvalue weighted by molar-refractivity contribution is 7.22. The van der Waals surface area contributed by atoms with Gasteiger partial charge in [-0.1, -0.05) is 0 Å². The third-order valence-corrected chi connectivity index (χ3v) is 5.95. The number of hydrogen-bond donors (Lipinski definition) is 3. The molecule has 0 unspecified atom stereocenters. The standard InChI is InChI=1S/C15H15N5OS.2ClH/c1-6-9(5-17-20-6)11-3-10-13(22-11)15(21)19-14(18-10)12-8-2-7(8)4-16-12;;/h3,5,7-8,12,16H,2,4H2,1H3,(H,17,20)(H,18,19,21);2*1H/t7-,8+,12-;;/m1../s1. The summed E-state index contributed by atoms with van der Waals surface area (Å²) in [5.41, 5.74) is 2.78. The molecule has 3 aromatic heterocycles. The van der Waals surface area contributed by atoms with Gasteiger partial charge in [0, 0.05) is 16.1 Å². The van der Waals surface area contributed by atoms with E-state index in [0.717, 1.165) is 39.9 Å². The molecule has 2 fully saturated rings. The topological polar surface area (TPSA) is 86.5 Å². The molecule has 1 aliphatic carbocycles. The normalized spacial score (nSPS) is 24.3. The third kappa shape index (κ3) is 2.56. The van der Waals surface area contributed by atoms with E-state index >= 15 is 0 Å². The number of thiophene rings is 1. The summed E-state index contributed by atoms with van der Waals surface area (Å²) in [6, 6.07) is 2.21. The molecule has 3 aromatic rings. The van der Waals surface area contributed by atoms with E-state index in [9.17, 15) is 4.79 Å². The van der Waals surface area contributed by atoms with Gasteiger partial charge < -0.3 is 10.3 Å². The van der Waals surface area contributed by atoms with Crippen molar-refractivity contribution in [3.63, 3.8) is 0 Å². The Bertz CT molecular complexity index is 949. The molecule has 3 N–H and O–H groups in total. The van der Waals surface area contributed by atoms with Crippen molar-refractivity contribution < 1.29 is 0 Å². The van der Waals surface area contributed by atoms with Gasteiger partial charge in [0.1, 0.15) is 10.5 Å². The largest absolute Gasteiger partial charge is 0.308 e. The zero-order chi connectivity index (χ0) is 14.8. The first-order chi connectivity index (χ1) is 10.7. The number of hydrogen-bond acceptors (Lipinski definition) is 5. The third-order valence-electron chi connectivity index (χ3n) is 4.80. The summed E-state index contributed by atoms with van der Waals surface area (Å²) in [4.78, 5) is 21.1. The second-order valence-electron chi connectivity index (χ2n) is 6.23. The van der Waals surface area contributed by atoms with Crippen LogP contribution in [-0.4, -0.2) is 26.7 Å². The van der Waals surface area contributed by atoms with E-state index in [2.05, 4.69) is 20.5 Å². The molecule has 4 heterocycles. The maximum Gasteiger partial charge on any atom is 0.268 e. The van der Waals surface area contributed by atoms with Crippen LogP contribution in [0.15, 0.2) is 17.1 Å². The van der Waals surface area contributed by atoms with E-state index < -0.39 is 0 Å². The van der Waals surface area contributed by atoms with Crippen LogP contribution in [0.5, 0.6) is 0 Å². The van der Waals surface area contributed by atoms with Gasteiger partial charge in [-0.2, -0.15) is 5.10 Å². The highest BCUT2D eigenvalue weighted by atomic mass is 35.5. The Morgan fingerprint density at radius 3 is 2.79 bits per heavy atom. The van der Waals surface area contributed by atoms with E-state index in [4.69, 9.17) is 4.98 Å². The van der Waals surface area contributed by atoms with Crippen molar-refractivity contribution in [2.24, 2.45) is 11.8 Å². The second kappa shape index (κ2) is 6.15. The van der Waals surface area contributed by atoms with Crippen LogP contribution in [0.1, 0.15) is 24.0 Å². The van der Waals surface area contributed by atoms with Gasteiger partial charge in [0.25, 0.3) is 5.56 Å². The zero-order valence-corrected chi connectivity index (χ0v) is 15.3. The molecule has 9 heteroatoms. The van der Waals surface area contributed by atoms with Crippen molar-refractivity contribution in [3.05, 3.63) is 34.1 Å². The molecule has 0 amide bonds. The molecule has 3 atom stereocenters. The van der Waals surface area contributed by atoms with Crippen LogP contribution in [0.2, 0.25) is 0 Å². The minimum Gasteiger partial charge on any atom is -0.308 e. The number of piperidine rings is 1. The number of H-pyrrole nitrogens is 2. The van der Waals surface area contributed by atoms with Crippen molar-refractivity contribution in [1.29, 1.82) is 0 Å². The minimum absolute atomic E-state index is 0. The number of aromatic nitrogens is 4. The highest BCUT2D eigenvalue weighted by Gasteiger charge is 2.49. The number of fused-ring (bicyclic) bond motifs is 2. The maximum atomic E-state index is 12.4. The summed E-state index contributed by atoms with van der Waals surface area (Å²) in [6.07, 6.45) is 3.05. The summed E-state index contributed by atoms with van der Waals surface area (Å²) in [7, 11) is 0. The molecule has 1 saturated carbocycles. The van der Waals surface area contributed by atoms with E-state index in [0.29, 0.717) is 10.6 Å². The molecule has 1 saturated heterocycles. The van der Waals surface area contributed by atoms with Crippen LogP contribution in [0, 0.1) is 18.8 Å². The Labute approximate surface area is 154 Å². The van der Waals surface area contributed by atoms with E-state index in [1.54, 1.807) is 6.20 Å². The summed E-state index contributed by atoms with van der Waals surface area (Å²) in [6.45, 7) is 3.02. The average Bonchev–Trinajstić information content (AvgIpc) is 2.89. The number of halogens is 2. The molecule has 128 valence electrons. The van der Waals surface area contributed by atoms with Crippen molar-refractivity contribution in [2.75, 3.05) is 6.54 Å². The summed E-state index contributed by atoms with van der Waals surface area (Å²) in [5.74, 6) is 2.21. The molecule has 0 bridgehead atoms. The van der Waals surface area contributed by atoms with Gasteiger partial charge in [0.2, 0.25) is 0 Å². The smallest absolute Gasteiger partial charge is 0.268 e. The summed E-state index contributed by atoms with van der Waals surface area (Å²) in [5, 5.41) is 10.4. The zero-order valence-electron chi connectivity index (χ0n) is 12.8. The van der Waals surface area contributed by atoms with Gasteiger partial charge in [-0.3, -0.25) is 9.89 Å². The molecular formula is C15H17Cl2N5OS. The van der Waals surface area contributed by atoms with E-state index in [1.807, 2.05) is 13.0 Å². The molecule has 6 nitrogen and oxygen atoms in total. The van der Waals surface area contributed by atoms with Crippen LogP contribution < -0.4 is 10.9 Å². The van der Waals surface area contributed by atoms with Crippen LogP contribution in [-0.2, 0) is 0 Å². The van der Waals surface area contributed by atoms with Gasteiger partial charge in [-0.15, -0.1) is 36.2 Å². The van der Waals surface area contributed by atoms with Crippen LogP contribution in [0.4, 0.5) is 0 Å². The fourth-order valence-electron chi connectivity index (χ4n) is 3.48. The summed E-state index contributed by atoms with van der Waals surface area (Å²) < 4.78 is 0.685. The minimum atomic E-state index is -0.0386. The molecule has 0 spiro atoms. The summed E-state index contributed by atoms with van der Waals surface area (Å²) >= 11 is 1.47. The molecule has 5 rings (SSSR count). The SMILES string of the molecule is Cc1[nH]ncc1-c1cc2nc([C@@H]3NC[C@H]4C[C@@H]43)[nH]c(=O)c2s1.Cl.Cl. The predicted molar refractivity (Wildman–Crippen MR) is 99.4 cm³/mol. The number of aromatic amines is 2. The Morgan fingerprint density at radius 1 is 1.33 bits per heavy atom. The second-order valence-corrected chi connectivity index (χ2v) is 7.28. The van der Waals surface area contributed by atoms with Gasteiger partial charge in [-0.05, 0) is 37.8 Å². The molecule has 1 aliphatic heterocycles. The Kier molecular flexibility index (Phi) is 4.46. The fraction of sp³-hybridized carbons (Fsp3) is 0.400. The quantitative estimate of drug-likeness (QED) is 0.632. The van der Waals surface area contributed by atoms with Gasteiger partial charge in [0.05, 0.1) is 17.8 Å². The van der Waals surface area contributed by atoms with Crippen molar-refractivity contribution in [1.82, 2.24) is 25.5 Å². The van der Waals surface area contributed by atoms with Crippen LogP contribution >= 0.6 is 36.2 Å². The molecule has 0 aromatic carbocycles.